The van der Waals surface area contributed by atoms with Crippen molar-refractivity contribution in [2.24, 2.45) is 10.9 Å². The summed E-state index contributed by atoms with van der Waals surface area (Å²) in [6, 6.07) is 4.42. The van der Waals surface area contributed by atoms with Crippen molar-refractivity contribution in [2.75, 3.05) is 5.75 Å². The number of aromatic hydroxyl groups is 1. The van der Waals surface area contributed by atoms with Crippen LogP contribution in [0.5, 0.6) is 5.75 Å². The van der Waals surface area contributed by atoms with Crippen LogP contribution in [0.1, 0.15) is 5.01 Å². The minimum atomic E-state index is -0.564. The molecule has 0 saturated heterocycles. The van der Waals surface area contributed by atoms with Gasteiger partial charge in [-0.05, 0) is 18.2 Å². The largest absolute Gasteiger partial charge is 0.508 e. The van der Waals surface area contributed by atoms with Crippen LogP contribution in [0.3, 0.4) is 0 Å². The van der Waals surface area contributed by atoms with E-state index < -0.39 is 12.0 Å². The number of carbonyl (C=O) groups is 1. The Bertz CT molecular complexity index is 683. The molecular weight excluding hydrogens is 286 g/mol. The molecule has 0 radical (unpaired) electrons. The summed E-state index contributed by atoms with van der Waals surface area (Å²) in [7, 11) is 0. The summed E-state index contributed by atoms with van der Waals surface area (Å²) in [4.78, 5) is 24.2. The fraction of sp³-hybridized carbons (Fsp3) is 0.182. The van der Waals surface area contributed by atoms with Crippen molar-refractivity contribution in [2.45, 2.75) is 6.04 Å². The average molecular weight is 295 g/mol. The summed E-state index contributed by atoms with van der Waals surface area (Å²) in [5.41, 5.74) is 0.797. The van der Waals surface area contributed by atoms with Crippen LogP contribution >= 0.6 is 23.1 Å². The van der Waals surface area contributed by atoms with Crippen LogP contribution in [0.2, 0.25) is 0 Å². The van der Waals surface area contributed by atoms with Crippen LogP contribution in [0.25, 0.3) is 10.2 Å². The van der Waals surface area contributed by atoms with Crippen LogP contribution in [0, 0.1) is 0 Å². The lowest BCUT2D eigenvalue weighted by Crippen LogP contribution is -2.24. The summed E-state index contributed by atoms with van der Waals surface area (Å²) in [6.45, 7) is 0. The van der Waals surface area contributed by atoms with Gasteiger partial charge in [-0.25, -0.2) is 9.78 Å². The highest BCUT2D eigenvalue weighted by atomic mass is 32.2. The lowest BCUT2D eigenvalue weighted by molar-refractivity contribution is -0.144. The lowest BCUT2D eigenvalue weighted by Gasteiger charge is -1.99. The second kappa shape index (κ2) is 4.80. The predicted molar refractivity (Wildman–Crippen MR) is 74.3 cm³/mol. The number of phenols is 1. The van der Waals surface area contributed by atoms with E-state index in [1.54, 1.807) is 18.2 Å². The maximum Gasteiger partial charge on any atom is 0.350 e. The van der Waals surface area contributed by atoms with Gasteiger partial charge in [0.05, 0.1) is 10.2 Å². The van der Waals surface area contributed by atoms with Gasteiger partial charge in [0.25, 0.3) is 0 Å². The van der Waals surface area contributed by atoms with E-state index in [0.29, 0.717) is 10.8 Å². The molecule has 0 bridgehead atoms. The Morgan fingerprint density at radius 1 is 1.53 bits per heavy atom. The maximum atomic E-state index is 11.3. The van der Waals surface area contributed by atoms with Gasteiger partial charge in [-0.2, -0.15) is 5.90 Å². The summed E-state index contributed by atoms with van der Waals surface area (Å²) in [6.07, 6.45) is 0. The quantitative estimate of drug-likeness (QED) is 0.810. The van der Waals surface area contributed by atoms with E-state index in [2.05, 4.69) is 14.8 Å². The molecule has 3 rings (SSSR count). The fourth-order valence-electron chi connectivity index (χ4n) is 1.69. The standard InChI is InChI=1S/C11H9N3O3S2/c12-17-11(16)7-4-18-9(14-7)10-13-6-2-1-5(15)3-8(6)19-10/h1-3,7,15H,4,12H2. The van der Waals surface area contributed by atoms with Crippen LogP contribution in [-0.2, 0) is 9.63 Å². The van der Waals surface area contributed by atoms with E-state index in [1.165, 1.54) is 23.1 Å². The molecule has 98 valence electrons. The molecule has 6 nitrogen and oxygen atoms in total. The van der Waals surface area contributed by atoms with E-state index in [9.17, 15) is 9.90 Å². The second-order valence-electron chi connectivity index (χ2n) is 3.87. The van der Waals surface area contributed by atoms with E-state index in [0.717, 1.165) is 15.2 Å². The molecule has 2 heterocycles. The number of hydrogen-bond donors (Lipinski definition) is 2. The molecule has 0 aliphatic carbocycles. The third-order valence-corrected chi connectivity index (χ3v) is 4.80. The van der Waals surface area contributed by atoms with Gasteiger partial charge < -0.3 is 9.94 Å². The number of phenolic OH excluding ortho intramolecular Hbond substituents is 1. The predicted octanol–water partition coefficient (Wildman–Crippen LogP) is 1.28. The number of rotatable bonds is 2. The zero-order chi connectivity index (χ0) is 13.4. The summed E-state index contributed by atoms with van der Waals surface area (Å²) < 4.78 is 0.878. The average Bonchev–Trinajstić information content (AvgIpc) is 3.03. The molecule has 2 aromatic rings. The second-order valence-corrected chi connectivity index (χ2v) is 5.91. The number of thioether (sulfide) groups is 1. The molecule has 1 aromatic heterocycles. The Labute approximate surface area is 116 Å². The zero-order valence-electron chi connectivity index (χ0n) is 9.57. The molecule has 1 unspecified atom stereocenters. The van der Waals surface area contributed by atoms with Gasteiger partial charge in [0.15, 0.2) is 6.04 Å². The van der Waals surface area contributed by atoms with E-state index in [4.69, 9.17) is 5.90 Å². The van der Waals surface area contributed by atoms with Crippen molar-refractivity contribution in [1.29, 1.82) is 0 Å². The third kappa shape index (κ3) is 2.29. The number of hydrogen-bond acceptors (Lipinski definition) is 8. The fourth-order valence-corrected chi connectivity index (χ4v) is 3.78. The molecular formula is C11H9N3O3S2. The highest BCUT2D eigenvalue weighted by Crippen LogP contribution is 2.31. The molecule has 8 heteroatoms. The monoisotopic (exact) mass is 295 g/mol. The summed E-state index contributed by atoms with van der Waals surface area (Å²) in [5.74, 6) is 5.01. The molecule has 0 amide bonds. The minimum absolute atomic E-state index is 0.202. The highest BCUT2D eigenvalue weighted by molar-refractivity contribution is 8.15. The normalized spacial score (nSPS) is 18.6. The number of aliphatic imine (C=N–C) groups is 1. The Morgan fingerprint density at radius 3 is 3.16 bits per heavy atom. The third-order valence-electron chi connectivity index (χ3n) is 2.59. The number of nitrogens with zero attached hydrogens (tertiary/aromatic N) is 2. The number of nitrogens with two attached hydrogens (primary N) is 1. The number of fused-ring (bicyclic) bond motifs is 1. The SMILES string of the molecule is NOC(=O)C1CSC(c2nc3ccc(O)cc3s2)=N1. The first-order chi connectivity index (χ1) is 9.17. The van der Waals surface area contributed by atoms with Crippen LogP contribution in [0.15, 0.2) is 23.2 Å². The molecule has 3 N–H and O–H groups in total. The van der Waals surface area contributed by atoms with Crippen molar-refractivity contribution in [1.82, 2.24) is 4.98 Å². The van der Waals surface area contributed by atoms with Crippen LogP contribution in [-0.4, -0.2) is 32.9 Å². The highest BCUT2D eigenvalue weighted by Gasteiger charge is 2.28. The Morgan fingerprint density at radius 2 is 2.37 bits per heavy atom. The van der Waals surface area contributed by atoms with Gasteiger partial charge in [0.2, 0.25) is 0 Å². The molecule has 1 aliphatic heterocycles. The smallest absolute Gasteiger partial charge is 0.350 e. The van der Waals surface area contributed by atoms with Crippen molar-refractivity contribution >= 4 is 44.3 Å². The zero-order valence-corrected chi connectivity index (χ0v) is 11.2. The van der Waals surface area contributed by atoms with Gasteiger partial charge in [-0.1, -0.05) is 0 Å². The van der Waals surface area contributed by atoms with E-state index >= 15 is 0 Å². The topological polar surface area (TPSA) is 97.8 Å². The first-order valence-corrected chi connectivity index (χ1v) is 7.18. The minimum Gasteiger partial charge on any atom is -0.508 e. The van der Waals surface area contributed by atoms with E-state index in [1.807, 2.05) is 0 Å². The van der Waals surface area contributed by atoms with Crippen molar-refractivity contribution < 1.29 is 14.7 Å². The molecule has 1 aliphatic rings. The summed E-state index contributed by atoms with van der Waals surface area (Å²) in [5, 5.41) is 10.9. The number of benzene rings is 1. The Kier molecular flexibility index (Phi) is 3.13. The van der Waals surface area contributed by atoms with Crippen molar-refractivity contribution in [3.63, 3.8) is 0 Å². The van der Waals surface area contributed by atoms with Crippen LogP contribution < -0.4 is 5.90 Å². The number of thiazole rings is 1. The first kappa shape index (κ1) is 12.4. The molecule has 0 fully saturated rings. The number of carbonyl (C=O) groups excluding carboxylic acids is 1. The summed E-state index contributed by atoms with van der Waals surface area (Å²) >= 11 is 2.87. The Balaban J connectivity index is 1.95. The van der Waals surface area contributed by atoms with Gasteiger partial charge in [-0.15, -0.1) is 23.1 Å². The van der Waals surface area contributed by atoms with Gasteiger partial charge >= 0.3 is 5.97 Å². The van der Waals surface area contributed by atoms with Crippen LogP contribution in [0.4, 0.5) is 0 Å². The van der Waals surface area contributed by atoms with Gasteiger partial charge in [0, 0.05) is 5.75 Å². The molecule has 0 saturated carbocycles. The van der Waals surface area contributed by atoms with Gasteiger partial charge in [-0.3, -0.25) is 4.99 Å². The lowest BCUT2D eigenvalue weighted by atomic mass is 10.3. The Hall–Kier alpha value is -1.64. The molecule has 0 spiro atoms. The molecule has 19 heavy (non-hydrogen) atoms. The molecule has 1 aromatic carbocycles. The van der Waals surface area contributed by atoms with Gasteiger partial charge in [0.1, 0.15) is 15.8 Å². The maximum absolute atomic E-state index is 11.3. The number of aromatic nitrogens is 1. The van der Waals surface area contributed by atoms with Crippen molar-refractivity contribution in [3.05, 3.63) is 23.2 Å². The van der Waals surface area contributed by atoms with Crippen molar-refractivity contribution in [3.8, 4) is 5.75 Å². The molecule has 1 atom stereocenters. The van der Waals surface area contributed by atoms with E-state index in [-0.39, 0.29) is 5.75 Å². The first-order valence-electron chi connectivity index (χ1n) is 5.38.